The number of hydrogen-bond acceptors (Lipinski definition) is 3. The van der Waals surface area contributed by atoms with Crippen molar-refractivity contribution >= 4 is 12.0 Å². The van der Waals surface area contributed by atoms with E-state index in [0.29, 0.717) is 5.56 Å². The second-order valence-electron chi connectivity index (χ2n) is 4.85. The molecule has 1 rings (SSSR count). The zero-order valence-electron chi connectivity index (χ0n) is 10.7. The Kier molecular flexibility index (Phi) is 3.94. The monoisotopic (exact) mass is 234 g/mol. The van der Waals surface area contributed by atoms with Gasteiger partial charge in [0.1, 0.15) is 5.75 Å². The summed E-state index contributed by atoms with van der Waals surface area (Å²) in [6, 6.07) is 5.49. The number of phenolic OH excluding ortho intramolecular Hbond substituents is 1. The molecule has 0 aliphatic rings. The second kappa shape index (κ2) is 5.04. The molecule has 0 saturated carbocycles. The van der Waals surface area contributed by atoms with Gasteiger partial charge in [-0.3, -0.25) is 0 Å². The molecule has 1 aromatic carbocycles. The first-order valence-electron chi connectivity index (χ1n) is 5.44. The summed E-state index contributed by atoms with van der Waals surface area (Å²) in [5, 5.41) is 10.1. The second-order valence-corrected chi connectivity index (χ2v) is 4.85. The number of methoxy groups -OCH3 is 1. The average molecular weight is 234 g/mol. The molecule has 0 fully saturated rings. The topological polar surface area (TPSA) is 46.5 Å². The zero-order valence-corrected chi connectivity index (χ0v) is 10.7. The number of rotatable bonds is 2. The molecule has 0 aromatic heterocycles. The van der Waals surface area contributed by atoms with Crippen LogP contribution in [0.15, 0.2) is 24.3 Å². The summed E-state index contributed by atoms with van der Waals surface area (Å²) in [5.41, 5.74) is 1.33. The molecule has 0 amide bonds. The van der Waals surface area contributed by atoms with Crippen molar-refractivity contribution in [3.05, 3.63) is 35.4 Å². The van der Waals surface area contributed by atoms with E-state index < -0.39 is 5.97 Å². The molecule has 0 spiro atoms. The number of phenols is 1. The Morgan fingerprint density at radius 3 is 2.53 bits per heavy atom. The van der Waals surface area contributed by atoms with Crippen molar-refractivity contribution in [3.8, 4) is 5.75 Å². The molecular formula is C14H18O3. The number of esters is 1. The summed E-state index contributed by atoms with van der Waals surface area (Å²) in [5.74, 6) is -0.231. The number of carbonyl (C=O) groups excluding carboxylic acids is 1. The van der Waals surface area contributed by atoms with Gasteiger partial charge in [0.15, 0.2) is 0 Å². The summed E-state index contributed by atoms with van der Waals surface area (Å²) in [6.45, 7) is 6.07. The van der Waals surface area contributed by atoms with Gasteiger partial charge in [0.2, 0.25) is 0 Å². The van der Waals surface area contributed by atoms with Gasteiger partial charge in [-0.15, -0.1) is 0 Å². The highest BCUT2D eigenvalue weighted by Crippen LogP contribution is 2.33. The maximum Gasteiger partial charge on any atom is 0.330 e. The Labute approximate surface area is 102 Å². The van der Waals surface area contributed by atoms with Crippen molar-refractivity contribution in [1.82, 2.24) is 0 Å². The van der Waals surface area contributed by atoms with Gasteiger partial charge in [-0.05, 0) is 17.1 Å². The predicted octanol–water partition coefficient (Wildman–Crippen LogP) is 2.88. The predicted molar refractivity (Wildman–Crippen MR) is 67.9 cm³/mol. The standard InChI is InChI=1S/C14H18O3/c1-14(2,3)11-7-5-6-10(13(11)16)8-9-12(15)17-4/h5-9,16H,1-4H3. The number of aromatic hydroxyl groups is 1. The fourth-order valence-corrected chi connectivity index (χ4v) is 1.53. The molecule has 92 valence electrons. The highest BCUT2D eigenvalue weighted by atomic mass is 16.5. The summed E-state index contributed by atoms with van der Waals surface area (Å²) < 4.78 is 4.50. The minimum Gasteiger partial charge on any atom is -0.507 e. The summed E-state index contributed by atoms with van der Waals surface area (Å²) >= 11 is 0. The van der Waals surface area contributed by atoms with Gasteiger partial charge in [-0.2, -0.15) is 0 Å². The first-order chi connectivity index (χ1) is 7.86. The maximum atomic E-state index is 11.0. The molecule has 3 heteroatoms. The lowest BCUT2D eigenvalue weighted by atomic mass is 9.85. The zero-order chi connectivity index (χ0) is 13.1. The van der Waals surface area contributed by atoms with E-state index in [1.165, 1.54) is 13.2 Å². The lowest BCUT2D eigenvalue weighted by molar-refractivity contribution is -0.134. The van der Waals surface area contributed by atoms with Crippen molar-refractivity contribution in [2.24, 2.45) is 0 Å². The van der Waals surface area contributed by atoms with Crippen molar-refractivity contribution < 1.29 is 14.6 Å². The van der Waals surface area contributed by atoms with Crippen LogP contribution in [-0.2, 0) is 14.9 Å². The highest BCUT2D eigenvalue weighted by molar-refractivity contribution is 5.87. The Bertz CT molecular complexity index is 439. The van der Waals surface area contributed by atoms with Gasteiger partial charge in [0.05, 0.1) is 7.11 Å². The van der Waals surface area contributed by atoms with Crippen LogP contribution < -0.4 is 0 Å². The first-order valence-corrected chi connectivity index (χ1v) is 5.44. The molecule has 0 aliphatic carbocycles. The number of hydrogen-bond donors (Lipinski definition) is 1. The van der Waals surface area contributed by atoms with E-state index >= 15 is 0 Å². The minimum atomic E-state index is -0.439. The Morgan fingerprint density at radius 1 is 1.35 bits per heavy atom. The average Bonchev–Trinajstić information content (AvgIpc) is 2.25. The highest BCUT2D eigenvalue weighted by Gasteiger charge is 2.18. The van der Waals surface area contributed by atoms with Crippen LogP contribution in [0.2, 0.25) is 0 Å². The summed E-state index contributed by atoms with van der Waals surface area (Å²) in [4.78, 5) is 11.0. The molecule has 17 heavy (non-hydrogen) atoms. The number of benzene rings is 1. The van der Waals surface area contributed by atoms with E-state index in [1.54, 1.807) is 12.1 Å². The van der Waals surface area contributed by atoms with Crippen LogP contribution in [0, 0.1) is 0 Å². The largest absolute Gasteiger partial charge is 0.507 e. The molecule has 1 aromatic rings. The lowest BCUT2D eigenvalue weighted by Gasteiger charge is -2.21. The molecule has 0 bridgehead atoms. The van der Waals surface area contributed by atoms with Gasteiger partial charge in [0.25, 0.3) is 0 Å². The van der Waals surface area contributed by atoms with Crippen molar-refractivity contribution in [3.63, 3.8) is 0 Å². The molecule has 0 heterocycles. The summed E-state index contributed by atoms with van der Waals surface area (Å²) in [6.07, 6.45) is 2.85. The molecule has 0 unspecified atom stereocenters. The third-order valence-electron chi connectivity index (χ3n) is 2.48. The SMILES string of the molecule is COC(=O)C=Cc1cccc(C(C)(C)C)c1O. The van der Waals surface area contributed by atoms with E-state index in [0.717, 1.165) is 5.56 Å². The van der Waals surface area contributed by atoms with Crippen LogP contribution in [0.5, 0.6) is 5.75 Å². The van der Waals surface area contributed by atoms with E-state index in [-0.39, 0.29) is 11.2 Å². The molecular weight excluding hydrogens is 216 g/mol. The quantitative estimate of drug-likeness (QED) is 0.632. The molecule has 1 N–H and O–H groups in total. The van der Waals surface area contributed by atoms with Gasteiger partial charge in [-0.1, -0.05) is 39.0 Å². The van der Waals surface area contributed by atoms with Crippen LogP contribution in [-0.4, -0.2) is 18.2 Å². The smallest absolute Gasteiger partial charge is 0.330 e. The van der Waals surface area contributed by atoms with Crippen molar-refractivity contribution in [2.75, 3.05) is 7.11 Å². The normalized spacial score (nSPS) is 11.8. The van der Waals surface area contributed by atoms with E-state index in [4.69, 9.17) is 0 Å². The first kappa shape index (κ1) is 13.3. The molecule has 0 atom stereocenters. The number of ether oxygens (including phenoxy) is 1. The van der Waals surface area contributed by atoms with Crippen molar-refractivity contribution in [1.29, 1.82) is 0 Å². The maximum absolute atomic E-state index is 11.0. The molecule has 0 aliphatic heterocycles. The van der Waals surface area contributed by atoms with Crippen LogP contribution in [0.25, 0.3) is 6.08 Å². The minimum absolute atomic E-state index is 0.140. The Balaban J connectivity index is 3.12. The lowest BCUT2D eigenvalue weighted by Crippen LogP contribution is -2.11. The van der Waals surface area contributed by atoms with Gasteiger partial charge < -0.3 is 9.84 Å². The van der Waals surface area contributed by atoms with Gasteiger partial charge >= 0.3 is 5.97 Å². The molecule has 0 saturated heterocycles. The number of para-hydroxylation sites is 1. The third-order valence-corrected chi connectivity index (χ3v) is 2.48. The fourth-order valence-electron chi connectivity index (χ4n) is 1.53. The van der Waals surface area contributed by atoms with Crippen LogP contribution in [0.3, 0.4) is 0 Å². The molecule has 3 nitrogen and oxygen atoms in total. The number of carbonyl (C=O) groups is 1. The van der Waals surface area contributed by atoms with E-state index in [1.807, 2.05) is 32.9 Å². The van der Waals surface area contributed by atoms with E-state index in [2.05, 4.69) is 4.74 Å². The van der Waals surface area contributed by atoms with Crippen LogP contribution in [0.1, 0.15) is 31.9 Å². The summed E-state index contributed by atoms with van der Waals surface area (Å²) in [7, 11) is 1.32. The van der Waals surface area contributed by atoms with Crippen LogP contribution >= 0.6 is 0 Å². The van der Waals surface area contributed by atoms with Crippen LogP contribution in [0.4, 0.5) is 0 Å². The van der Waals surface area contributed by atoms with Crippen molar-refractivity contribution in [2.45, 2.75) is 26.2 Å². The fraction of sp³-hybridized carbons (Fsp3) is 0.357. The van der Waals surface area contributed by atoms with Gasteiger partial charge in [0, 0.05) is 11.6 Å². The van der Waals surface area contributed by atoms with Gasteiger partial charge in [-0.25, -0.2) is 4.79 Å². The molecule has 0 radical (unpaired) electrons. The Hall–Kier alpha value is -1.77. The Morgan fingerprint density at radius 2 is 2.00 bits per heavy atom. The third kappa shape index (κ3) is 3.34. The van der Waals surface area contributed by atoms with E-state index in [9.17, 15) is 9.90 Å².